The second-order valence-electron chi connectivity index (χ2n) is 5.55. The first kappa shape index (κ1) is 15.9. The molecule has 5 nitrogen and oxygen atoms in total. The minimum absolute atomic E-state index is 0.137. The molecule has 6 heteroatoms. The van der Waals surface area contributed by atoms with E-state index in [9.17, 15) is 9.18 Å². The van der Waals surface area contributed by atoms with Gasteiger partial charge in [0.2, 0.25) is 5.91 Å². The molecule has 0 bridgehead atoms. The third-order valence-electron chi connectivity index (χ3n) is 3.92. The first-order chi connectivity index (χ1) is 10.1. The molecule has 1 fully saturated rings. The number of nitrogens with two attached hydrogens (primary N) is 1. The Morgan fingerprint density at radius 3 is 2.76 bits per heavy atom. The molecule has 1 amide bonds. The van der Waals surface area contributed by atoms with E-state index in [0.717, 1.165) is 38.0 Å². The third-order valence-corrected chi connectivity index (χ3v) is 3.92. The van der Waals surface area contributed by atoms with Crippen molar-refractivity contribution < 1.29 is 9.18 Å². The van der Waals surface area contributed by atoms with Crippen molar-refractivity contribution in [1.29, 1.82) is 0 Å². The number of rotatable bonds is 6. The van der Waals surface area contributed by atoms with Crippen molar-refractivity contribution in [3.05, 3.63) is 29.8 Å². The highest BCUT2D eigenvalue weighted by Crippen LogP contribution is 2.19. The molecule has 0 radical (unpaired) electrons. The predicted molar refractivity (Wildman–Crippen MR) is 79.0 cm³/mol. The number of pyridine rings is 1. The number of aromatic nitrogens is 1. The van der Waals surface area contributed by atoms with Crippen molar-refractivity contribution in [2.75, 3.05) is 19.6 Å². The van der Waals surface area contributed by atoms with Gasteiger partial charge in [-0.05, 0) is 31.4 Å². The number of primary amides is 1. The average Bonchev–Trinajstić information content (AvgIpc) is 2.47. The second kappa shape index (κ2) is 7.47. The van der Waals surface area contributed by atoms with Crippen LogP contribution in [0.5, 0.6) is 0 Å². The van der Waals surface area contributed by atoms with Gasteiger partial charge < -0.3 is 11.1 Å². The van der Waals surface area contributed by atoms with E-state index in [-0.39, 0.29) is 17.8 Å². The molecule has 0 aromatic carbocycles. The van der Waals surface area contributed by atoms with Gasteiger partial charge in [-0.3, -0.25) is 14.7 Å². The lowest BCUT2D eigenvalue weighted by atomic mass is 10.0. The van der Waals surface area contributed by atoms with Crippen LogP contribution in [0.2, 0.25) is 0 Å². The van der Waals surface area contributed by atoms with E-state index in [1.807, 2.05) is 0 Å². The number of likely N-dealkylation sites (tertiary alicyclic amines) is 1. The minimum Gasteiger partial charge on any atom is -0.369 e. The molecule has 2 rings (SSSR count). The summed E-state index contributed by atoms with van der Waals surface area (Å²) >= 11 is 0. The lowest BCUT2D eigenvalue weighted by molar-refractivity contribution is -0.119. The summed E-state index contributed by atoms with van der Waals surface area (Å²) < 4.78 is 12.9. The van der Waals surface area contributed by atoms with Crippen LogP contribution in [0.3, 0.4) is 0 Å². The summed E-state index contributed by atoms with van der Waals surface area (Å²) in [4.78, 5) is 17.2. The van der Waals surface area contributed by atoms with Crippen molar-refractivity contribution in [3.63, 3.8) is 0 Å². The number of carbonyl (C=O) groups is 1. The lowest BCUT2D eigenvalue weighted by Crippen LogP contribution is -2.46. The maximum absolute atomic E-state index is 12.9. The molecule has 1 aromatic heterocycles. The smallest absolute Gasteiger partial charge is 0.231 e. The Kier molecular flexibility index (Phi) is 5.64. The molecule has 0 spiro atoms. The third kappa shape index (κ3) is 4.75. The number of halogens is 1. The molecule has 2 heterocycles. The Morgan fingerprint density at radius 2 is 2.24 bits per heavy atom. The first-order valence-corrected chi connectivity index (χ1v) is 7.46. The van der Waals surface area contributed by atoms with Gasteiger partial charge >= 0.3 is 0 Å². The van der Waals surface area contributed by atoms with Gasteiger partial charge in [0, 0.05) is 25.2 Å². The fourth-order valence-corrected chi connectivity index (χ4v) is 2.77. The molecular formula is C15H23FN4O. The Labute approximate surface area is 124 Å². The quantitative estimate of drug-likeness (QED) is 0.827. The minimum atomic E-state index is -0.312. The van der Waals surface area contributed by atoms with Crippen molar-refractivity contribution in [1.82, 2.24) is 15.2 Å². The van der Waals surface area contributed by atoms with Gasteiger partial charge in [0.25, 0.3) is 0 Å². The number of hydrogen-bond acceptors (Lipinski definition) is 4. The summed E-state index contributed by atoms with van der Waals surface area (Å²) in [5.41, 5.74) is 6.09. The van der Waals surface area contributed by atoms with Crippen molar-refractivity contribution >= 4 is 5.91 Å². The highest BCUT2D eigenvalue weighted by atomic mass is 19.1. The van der Waals surface area contributed by atoms with E-state index in [1.54, 1.807) is 6.07 Å². The highest BCUT2D eigenvalue weighted by Gasteiger charge is 2.22. The van der Waals surface area contributed by atoms with Crippen LogP contribution in [0.1, 0.15) is 37.9 Å². The summed E-state index contributed by atoms with van der Waals surface area (Å²) in [7, 11) is 0. The van der Waals surface area contributed by atoms with Crippen molar-refractivity contribution in [2.24, 2.45) is 5.73 Å². The summed E-state index contributed by atoms with van der Waals surface area (Å²) in [5, 5.41) is 3.59. The van der Waals surface area contributed by atoms with Crippen molar-refractivity contribution in [2.45, 2.75) is 38.3 Å². The van der Waals surface area contributed by atoms with Crippen molar-refractivity contribution in [3.8, 4) is 0 Å². The van der Waals surface area contributed by atoms with E-state index in [1.165, 1.54) is 12.3 Å². The van der Waals surface area contributed by atoms with Crippen LogP contribution in [-0.2, 0) is 4.79 Å². The fourth-order valence-electron chi connectivity index (χ4n) is 2.77. The van der Waals surface area contributed by atoms with E-state index in [4.69, 9.17) is 5.73 Å². The SMILES string of the molecule is CCC(NC1CCN(CC(N)=O)CC1)c1ccc(F)cn1. The second-order valence-corrected chi connectivity index (χ2v) is 5.55. The van der Waals surface area contributed by atoms with Crippen LogP contribution in [0.15, 0.2) is 18.3 Å². The predicted octanol–water partition coefficient (Wildman–Crippen LogP) is 1.21. The zero-order valence-corrected chi connectivity index (χ0v) is 12.4. The highest BCUT2D eigenvalue weighted by molar-refractivity contribution is 5.75. The van der Waals surface area contributed by atoms with Crippen LogP contribution in [0.25, 0.3) is 0 Å². The van der Waals surface area contributed by atoms with Gasteiger partial charge in [-0.15, -0.1) is 0 Å². The van der Waals surface area contributed by atoms with Crippen LogP contribution in [0, 0.1) is 5.82 Å². The Hall–Kier alpha value is -1.53. The molecule has 1 atom stereocenters. The molecular weight excluding hydrogens is 271 g/mol. The first-order valence-electron chi connectivity index (χ1n) is 7.46. The number of nitrogens with zero attached hydrogens (tertiary/aromatic N) is 2. The molecule has 1 unspecified atom stereocenters. The van der Waals surface area contributed by atoms with E-state index >= 15 is 0 Å². The zero-order chi connectivity index (χ0) is 15.2. The number of nitrogens with one attached hydrogen (secondary N) is 1. The average molecular weight is 294 g/mol. The maximum atomic E-state index is 12.9. The van der Waals surface area contributed by atoms with Gasteiger partial charge in [-0.2, -0.15) is 0 Å². The van der Waals surface area contributed by atoms with Crippen LogP contribution in [0.4, 0.5) is 4.39 Å². The Morgan fingerprint density at radius 1 is 1.52 bits per heavy atom. The van der Waals surface area contributed by atoms with E-state index in [2.05, 4.69) is 22.1 Å². The Balaban J connectivity index is 1.86. The number of piperidine rings is 1. The summed E-state index contributed by atoms with van der Waals surface area (Å²) in [6.45, 7) is 4.16. The van der Waals surface area contributed by atoms with E-state index < -0.39 is 0 Å². The molecule has 1 saturated heterocycles. The van der Waals surface area contributed by atoms with Gasteiger partial charge in [0.05, 0.1) is 18.4 Å². The molecule has 0 saturated carbocycles. The molecule has 21 heavy (non-hydrogen) atoms. The molecule has 116 valence electrons. The topological polar surface area (TPSA) is 71.2 Å². The number of amides is 1. The normalized spacial score (nSPS) is 18.6. The van der Waals surface area contributed by atoms with Crippen LogP contribution >= 0.6 is 0 Å². The van der Waals surface area contributed by atoms with Crippen LogP contribution < -0.4 is 11.1 Å². The van der Waals surface area contributed by atoms with Crippen LogP contribution in [-0.4, -0.2) is 41.5 Å². The fraction of sp³-hybridized carbons (Fsp3) is 0.600. The van der Waals surface area contributed by atoms with Gasteiger partial charge in [-0.25, -0.2) is 4.39 Å². The van der Waals surface area contributed by atoms with E-state index in [0.29, 0.717) is 12.6 Å². The molecule has 1 aromatic rings. The molecule has 1 aliphatic heterocycles. The molecule has 1 aliphatic rings. The summed E-state index contributed by atoms with van der Waals surface area (Å²) in [6.07, 6.45) is 4.12. The lowest BCUT2D eigenvalue weighted by Gasteiger charge is -2.33. The standard InChI is InChI=1S/C15H23FN4O/c1-2-13(14-4-3-11(16)9-18-14)19-12-5-7-20(8-6-12)10-15(17)21/h3-4,9,12-13,19H,2,5-8,10H2,1H3,(H2,17,21). The largest absolute Gasteiger partial charge is 0.369 e. The molecule has 0 aliphatic carbocycles. The zero-order valence-electron chi connectivity index (χ0n) is 12.4. The maximum Gasteiger partial charge on any atom is 0.231 e. The van der Waals surface area contributed by atoms with Gasteiger partial charge in [0.15, 0.2) is 0 Å². The Bertz CT molecular complexity index is 457. The molecule has 3 N–H and O–H groups in total. The monoisotopic (exact) mass is 294 g/mol. The van der Waals surface area contributed by atoms with Gasteiger partial charge in [0.1, 0.15) is 5.82 Å². The summed E-state index contributed by atoms with van der Waals surface area (Å²) in [6, 6.07) is 3.71. The van der Waals surface area contributed by atoms with Gasteiger partial charge in [-0.1, -0.05) is 6.92 Å². The number of carbonyl (C=O) groups excluding carboxylic acids is 1. The number of hydrogen-bond donors (Lipinski definition) is 2. The summed E-state index contributed by atoms with van der Waals surface area (Å²) in [5.74, 6) is -0.586.